The Bertz CT molecular complexity index is 1040. The lowest BCUT2D eigenvalue weighted by atomic mass is 10.1. The number of aromatic nitrogens is 1. The molecule has 31 heavy (non-hydrogen) atoms. The number of hydrogen-bond acceptors (Lipinski definition) is 5. The second kappa shape index (κ2) is 10.3. The molecule has 0 radical (unpaired) electrons. The van der Waals surface area contributed by atoms with Gasteiger partial charge in [0.25, 0.3) is 5.91 Å². The highest BCUT2D eigenvalue weighted by Crippen LogP contribution is 2.29. The highest BCUT2D eigenvalue weighted by molar-refractivity contribution is 7.13. The number of alkyl halides is 2. The van der Waals surface area contributed by atoms with Crippen molar-refractivity contribution < 1.29 is 27.4 Å². The number of ether oxygens (including phenoxy) is 2. The summed E-state index contributed by atoms with van der Waals surface area (Å²) in [5, 5.41) is 3.59. The fourth-order valence-corrected chi connectivity index (χ4v) is 4.00. The summed E-state index contributed by atoms with van der Waals surface area (Å²) in [7, 11) is 1.37. The summed E-state index contributed by atoms with van der Waals surface area (Å²) < 4.78 is 47.6. The van der Waals surface area contributed by atoms with E-state index >= 15 is 0 Å². The maximum Gasteiger partial charge on any atom is 0.387 e. The van der Waals surface area contributed by atoms with Gasteiger partial charge in [-0.15, -0.1) is 11.3 Å². The number of amides is 1. The van der Waals surface area contributed by atoms with Crippen LogP contribution in [0.4, 0.5) is 13.2 Å². The third kappa shape index (κ3) is 6.21. The van der Waals surface area contributed by atoms with E-state index in [-0.39, 0.29) is 23.2 Å². The van der Waals surface area contributed by atoms with Crippen molar-refractivity contribution in [3.05, 3.63) is 75.0 Å². The number of carbonyl (C=O) groups excluding carboxylic acids is 1. The van der Waals surface area contributed by atoms with Crippen LogP contribution >= 0.6 is 11.3 Å². The minimum absolute atomic E-state index is 0.0509. The number of aryl methyl sites for hydroxylation is 1. The Morgan fingerprint density at radius 3 is 2.52 bits per heavy atom. The largest absolute Gasteiger partial charge is 0.493 e. The molecule has 5 nitrogen and oxygen atoms in total. The summed E-state index contributed by atoms with van der Waals surface area (Å²) in [5.74, 6) is -0.395. The molecular weight excluding hydrogens is 429 g/mol. The fraction of sp³-hybridized carbons (Fsp3) is 0.273. The number of hydrogen-bond donors (Lipinski definition) is 1. The molecule has 0 bridgehead atoms. The van der Waals surface area contributed by atoms with Crippen LogP contribution in [0.3, 0.4) is 0 Å². The van der Waals surface area contributed by atoms with Gasteiger partial charge in [0.05, 0.1) is 17.8 Å². The normalized spacial score (nSPS) is 10.9. The zero-order valence-electron chi connectivity index (χ0n) is 17.0. The van der Waals surface area contributed by atoms with Gasteiger partial charge in [-0.2, -0.15) is 8.78 Å². The molecular formula is C22H21F3N2O3S. The molecule has 1 aromatic heterocycles. The van der Waals surface area contributed by atoms with Gasteiger partial charge in [0, 0.05) is 13.0 Å². The molecule has 3 aromatic rings. The quantitative estimate of drug-likeness (QED) is 0.511. The summed E-state index contributed by atoms with van der Waals surface area (Å²) in [6.07, 6.45) is 0.938. The molecule has 1 N–H and O–H groups in total. The van der Waals surface area contributed by atoms with E-state index in [1.165, 1.54) is 36.6 Å². The number of halogens is 3. The predicted octanol–water partition coefficient (Wildman–Crippen LogP) is 4.76. The van der Waals surface area contributed by atoms with Crippen molar-refractivity contribution in [1.29, 1.82) is 0 Å². The lowest BCUT2D eigenvalue weighted by molar-refractivity contribution is -0.0512. The van der Waals surface area contributed by atoms with E-state index in [0.717, 1.165) is 16.1 Å². The molecule has 0 aliphatic rings. The van der Waals surface area contributed by atoms with Gasteiger partial charge in [-0.3, -0.25) is 4.79 Å². The molecule has 0 aliphatic carbocycles. The number of methoxy groups -OCH3 is 1. The van der Waals surface area contributed by atoms with Crippen molar-refractivity contribution in [2.24, 2.45) is 0 Å². The van der Waals surface area contributed by atoms with Crippen LogP contribution in [-0.4, -0.2) is 31.2 Å². The van der Waals surface area contributed by atoms with Gasteiger partial charge >= 0.3 is 6.61 Å². The predicted molar refractivity (Wildman–Crippen MR) is 112 cm³/mol. The summed E-state index contributed by atoms with van der Waals surface area (Å²) in [6, 6.07) is 10.9. The van der Waals surface area contributed by atoms with E-state index in [0.29, 0.717) is 30.0 Å². The van der Waals surface area contributed by atoms with Crippen LogP contribution in [0.15, 0.2) is 42.5 Å². The lowest BCUT2D eigenvalue weighted by Gasteiger charge is -2.11. The van der Waals surface area contributed by atoms with E-state index in [1.54, 1.807) is 31.2 Å². The summed E-state index contributed by atoms with van der Waals surface area (Å²) in [4.78, 5) is 17.5. The van der Waals surface area contributed by atoms with Gasteiger partial charge < -0.3 is 14.8 Å². The second-order valence-corrected chi connectivity index (χ2v) is 7.78. The Morgan fingerprint density at radius 2 is 1.84 bits per heavy atom. The highest BCUT2D eigenvalue weighted by Gasteiger charge is 2.16. The minimum atomic E-state index is -2.96. The Labute approximate surface area is 181 Å². The molecule has 164 valence electrons. The minimum Gasteiger partial charge on any atom is -0.493 e. The van der Waals surface area contributed by atoms with Crippen molar-refractivity contribution >= 4 is 17.2 Å². The molecule has 2 aromatic carbocycles. The molecule has 0 saturated heterocycles. The first-order chi connectivity index (χ1) is 14.9. The molecule has 0 fully saturated rings. The molecule has 0 saturated carbocycles. The molecule has 0 aliphatic heterocycles. The van der Waals surface area contributed by atoms with Crippen LogP contribution in [-0.2, 0) is 12.8 Å². The molecule has 9 heteroatoms. The van der Waals surface area contributed by atoms with Gasteiger partial charge in [-0.1, -0.05) is 18.2 Å². The van der Waals surface area contributed by atoms with E-state index < -0.39 is 6.61 Å². The summed E-state index contributed by atoms with van der Waals surface area (Å²) >= 11 is 1.29. The van der Waals surface area contributed by atoms with Crippen molar-refractivity contribution in [2.75, 3.05) is 13.7 Å². The van der Waals surface area contributed by atoms with E-state index in [4.69, 9.17) is 4.74 Å². The topological polar surface area (TPSA) is 60.5 Å². The molecule has 3 rings (SSSR count). The third-order valence-electron chi connectivity index (χ3n) is 4.46. The fourth-order valence-electron chi connectivity index (χ4n) is 2.98. The Hall–Kier alpha value is -3.07. The summed E-state index contributed by atoms with van der Waals surface area (Å²) in [5.41, 5.74) is 2.25. The number of nitrogens with zero attached hydrogens (tertiary/aromatic N) is 1. The molecule has 0 spiro atoms. The number of carbonyl (C=O) groups is 1. The highest BCUT2D eigenvalue weighted by atomic mass is 32.1. The van der Waals surface area contributed by atoms with Crippen molar-refractivity contribution in [3.63, 3.8) is 0 Å². The molecule has 0 unspecified atom stereocenters. The molecule has 1 amide bonds. The zero-order valence-corrected chi connectivity index (χ0v) is 17.8. The van der Waals surface area contributed by atoms with Gasteiger partial charge in [0.15, 0.2) is 11.5 Å². The average molecular weight is 450 g/mol. The standard InChI is InChI=1S/C22H21F3N2O3S/c1-13-20(31-19(27-13)12-14-3-6-16(23)7-4-14)21(28)26-10-9-15-5-8-17(29-2)18(11-15)30-22(24)25/h3-8,11,22H,9-10,12H2,1-2H3,(H,26,28). The van der Waals surface area contributed by atoms with Crippen LogP contribution in [0.1, 0.15) is 31.5 Å². The maximum atomic E-state index is 13.0. The van der Waals surface area contributed by atoms with E-state index in [2.05, 4.69) is 15.0 Å². The first-order valence-electron chi connectivity index (χ1n) is 9.46. The van der Waals surface area contributed by atoms with E-state index in [1.807, 2.05) is 0 Å². The average Bonchev–Trinajstić information content (AvgIpc) is 3.09. The zero-order chi connectivity index (χ0) is 22.4. The van der Waals surface area contributed by atoms with Crippen LogP contribution in [0.2, 0.25) is 0 Å². The van der Waals surface area contributed by atoms with Crippen molar-refractivity contribution in [2.45, 2.75) is 26.4 Å². The monoisotopic (exact) mass is 450 g/mol. The smallest absolute Gasteiger partial charge is 0.387 e. The van der Waals surface area contributed by atoms with Crippen LogP contribution in [0.5, 0.6) is 11.5 Å². The van der Waals surface area contributed by atoms with Crippen LogP contribution in [0, 0.1) is 12.7 Å². The second-order valence-electron chi connectivity index (χ2n) is 6.69. The number of nitrogens with one attached hydrogen (secondary N) is 1. The first-order valence-corrected chi connectivity index (χ1v) is 10.3. The molecule has 0 atom stereocenters. The maximum absolute atomic E-state index is 13.0. The number of rotatable bonds is 9. The van der Waals surface area contributed by atoms with Crippen molar-refractivity contribution in [3.8, 4) is 11.5 Å². The first kappa shape index (κ1) is 22.6. The Morgan fingerprint density at radius 1 is 1.13 bits per heavy atom. The summed E-state index contributed by atoms with van der Waals surface area (Å²) in [6.45, 7) is -0.886. The Balaban J connectivity index is 1.58. The van der Waals surface area contributed by atoms with Crippen molar-refractivity contribution in [1.82, 2.24) is 10.3 Å². The van der Waals surface area contributed by atoms with Gasteiger partial charge in [0.2, 0.25) is 0 Å². The third-order valence-corrected chi connectivity index (χ3v) is 5.62. The van der Waals surface area contributed by atoms with E-state index in [9.17, 15) is 18.0 Å². The van der Waals surface area contributed by atoms with Gasteiger partial charge in [-0.05, 0) is 48.7 Å². The van der Waals surface area contributed by atoms with Gasteiger partial charge in [0.1, 0.15) is 10.7 Å². The van der Waals surface area contributed by atoms with Gasteiger partial charge in [-0.25, -0.2) is 9.37 Å². The number of thiazole rings is 1. The molecule has 1 heterocycles. The number of benzene rings is 2. The van der Waals surface area contributed by atoms with Crippen LogP contribution < -0.4 is 14.8 Å². The Kier molecular flexibility index (Phi) is 7.51. The van der Waals surface area contributed by atoms with Crippen LogP contribution in [0.25, 0.3) is 0 Å². The SMILES string of the molecule is COc1ccc(CCNC(=O)c2sc(Cc3ccc(F)cc3)nc2C)cc1OC(F)F. The lowest BCUT2D eigenvalue weighted by Crippen LogP contribution is -2.25.